The molecule has 0 spiro atoms. The maximum Gasteiger partial charge on any atom is 0.331 e. The Morgan fingerprint density at radius 1 is 1.80 bits per heavy atom. The normalized spacial score (nSPS) is 25.7. The summed E-state index contributed by atoms with van der Waals surface area (Å²) in [5.74, 6) is -0.192. The molecule has 1 N–H and O–H groups in total. The predicted molar refractivity (Wildman–Crippen MR) is 38.7 cm³/mol. The van der Waals surface area contributed by atoms with Crippen molar-refractivity contribution in [2.75, 3.05) is 0 Å². The minimum Gasteiger partial charge on any atom is -0.478 e. The minimum absolute atomic E-state index is 0.552. The molecule has 0 aromatic rings. The molecule has 1 aliphatic rings. The van der Waals surface area contributed by atoms with E-state index < -0.39 is 5.97 Å². The van der Waals surface area contributed by atoms with Crippen LogP contribution < -0.4 is 0 Å². The van der Waals surface area contributed by atoms with Crippen LogP contribution in [0.1, 0.15) is 26.2 Å². The van der Waals surface area contributed by atoms with Gasteiger partial charge in [0, 0.05) is 5.57 Å². The molecule has 0 bridgehead atoms. The van der Waals surface area contributed by atoms with Crippen molar-refractivity contribution < 1.29 is 9.90 Å². The second-order valence-corrected chi connectivity index (χ2v) is 2.92. The lowest BCUT2D eigenvalue weighted by atomic mass is 9.90. The van der Waals surface area contributed by atoms with Gasteiger partial charge in [0.1, 0.15) is 0 Å². The van der Waals surface area contributed by atoms with Gasteiger partial charge in [-0.05, 0) is 25.2 Å². The van der Waals surface area contributed by atoms with Crippen LogP contribution in [0.3, 0.4) is 0 Å². The largest absolute Gasteiger partial charge is 0.478 e. The third-order valence-corrected chi connectivity index (χ3v) is 1.89. The number of hydrogen-bond donors (Lipinski definition) is 1. The zero-order valence-electron chi connectivity index (χ0n) is 6.13. The molecule has 0 aromatic heterocycles. The Kier molecular flexibility index (Phi) is 2.10. The standard InChI is InChI=1S/C8H12O2/c1-6-3-2-4-7(5-6)8(9)10/h4,6H,2-3,5H2,1H3,(H,9,10)/t6-/m1/s1. The van der Waals surface area contributed by atoms with Gasteiger partial charge in [-0.15, -0.1) is 0 Å². The van der Waals surface area contributed by atoms with Gasteiger partial charge in [0.05, 0.1) is 0 Å². The molecule has 0 saturated carbocycles. The smallest absolute Gasteiger partial charge is 0.331 e. The van der Waals surface area contributed by atoms with Crippen LogP contribution in [0.5, 0.6) is 0 Å². The zero-order chi connectivity index (χ0) is 7.56. The van der Waals surface area contributed by atoms with Crippen LogP contribution in [-0.4, -0.2) is 11.1 Å². The molecular weight excluding hydrogens is 128 g/mol. The Morgan fingerprint density at radius 2 is 2.50 bits per heavy atom. The zero-order valence-corrected chi connectivity index (χ0v) is 6.13. The van der Waals surface area contributed by atoms with Crippen molar-refractivity contribution in [2.24, 2.45) is 5.92 Å². The fourth-order valence-electron chi connectivity index (χ4n) is 1.28. The van der Waals surface area contributed by atoms with E-state index in [1.165, 1.54) is 0 Å². The summed E-state index contributed by atoms with van der Waals surface area (Å²) in [6.07, 6.45) is 4.65. The number of aliphatic carboxylic acids is 1. The van der Waals surface area contributed by atoms with Crippen LogP contribution in [0, 0.1) is 5.92 Å². The lowest BCUT2D eigenvalue weighted by Gasteiger charge is -2.15. The molecule has 0 aliphatic heterocycles. The van der Waals surface area contributed by atoms with Crippen LogP contribution >= 0.6 is 0 Å². The van der Waals surface area contributed by atoms with Gasteiger partial charge >= 0.3 is 5.97 Å². The average Bonchev–Trinajstić information content (AvgIpc) is 1.88. The summed E-state index contributed by atoms with van der Waals surface area (Å²) < 4.78 is 0. The molecule has 1 rings (SSSR count). The summed E-state index contributed by atoms with van der Waals surface area (Å²) in [5.41, 5.74) is 0.596. The number of carbonyl (C=O) groups is 1. The third kappa shape index (κ3) is 1.59. The molecule has 0 heterocycles. The summed E-state index contributed by atoms with van der Waals surface area (Å²) in [5, 5.41) is 8.59. The molecule has 1 aliphatic carbocycles. The van der Waals surface area contributed by atoms with E-state index in [0.717, 1.165) is 19.3 Å². The summed E-state index contributed by atoms with van der Waals surface area (Å²) in [6.45, 7) is 2.09. The van der Waals surface area contributed by atoms with Gasteiger partial charge in [0.15, 0.2) is 0 Å². The van der Waals surface area contributed by atoms with E-state index >= 15 is 0 Å². The van der Waals surface area contributed by atoms with Gasteiger partial charge in [-0.3, -0.25) is 0 Å². The molecule has 56 valence electrons. The molecule has 0 radical (unpaired) electrons. The summed E-state index contributed by atoms with van der Waals surface area (Å²) >= 11 is 0. The van der Waals surface area contributed by atoms with Crippen LogP contribution in [0.2, 0.25) is 0 Å². The molecule has 2 nitrogen and oxygen atoms in total. The molecule has 2 heteroatoms. The second kappa shape index (κ2) is 2.86. The Hall–Kier alpha value is -0.790. The highest BCUT2D eigenvalue weighted by atomic mass is 16.4. The van der Waals surface area contributed by atoms with E-state index in [-0.39, 0.29) is 0 Å². The quantitative estimate of drug-likeness (QED) is 0.603. The average molecular weight is 140 g/mol. The Labute approximate surface area is 60.6 Å². The molecule has 0 amide bonds. The highest BCUT2D eigenvalue weighted by Crippen LogP contribution is 2.22. The molecule has 0 fully saturated rings. The molecule has 1 atom stereocenters. The van der Waals surface area contributed by atoms with Gasteiger partial charge in [-0.2, -0.15) is 0 Å². The van der Waals surface area contributed by atoms with Crippen molar-refractivity contribution in [1.82, 2.24) is 0 Å². The molecule has 10 heavy (non-hydrogen) atoms. The number of carboxylic acid groups (broad SMARTS) is 1. The van der Waals surface area contributed by atoms with E-state index in [4.69, 9.17) is 5.11 Å². The molecule has 0 unspecified atom stereocenters. The van der Waals surface area contributed by atoms with E-state index in [2.05, 4.69) is 6.92 Å². The minimum atomic E-state index is -0.744. The number of hydrogen-bond acceptors (Lipinski definition) is 1. The molecule has 0 saturated heterocycles. The first-order chi connectivity index (χ1) is 4.70. The summed E-state index contributed by atoms with van der Waals surface area (Å²) in [7, 11) is 0. The Balaban J connectivity index is 2.60. The van der Waals surface area contributed by atoms with Gasteiger partial charge in [-0.25, -0.2) is 4.79 Å². The van der Waals surface area contributed by atoms with Crippen LogP contribution in [0.15, 0.2) is 11.6 Å². The number of rotatable bonds is 1. The summed E-state index contributed by atoms with van der Waals surface area (Å²) in [6, 6.07) is 0. The second-order valence-electron chi connectivity index (χ2n) is 2.92. The highest BCUT2D eigenvalue weighted by molar-refractivity contribution is 5.86. The third-order valence-electron chi connectivity index (χ3n) is 1.89. The fourth-order valence-corrected chi connectivity index (χ4v) is 1.28. The van der Waals surface area contributed by atoms with Crippen molar-refractivity contribution in [3.63, 3.8) is 0 Å². The van der Waals surface area contributed by atoms with Gasteiger partial charge in [0.25, 0.3) is 0 Å². The van der Waals surface area contributed by atoms with Crippen LogP contribution in [0.4, 0.5) is 0 Å². The van der Waals surface area contributed by atoms with Gasteiger partial charge < -0.3 is 5.11 Å². The van der Waals surface area contributed by atoms with Gasteiger partial charge in [-0.1, -0.05) is 13.0 Å². The van der Waals surface area contributed by atoms with Crippen molar-refractivity contribution in [3.8, 4) is 0 Å². The predicted octanol–water partition coefficient (Wildman–Crippen LogP) is 1.82. The van der Waals surface area contributed by atoms with E-state index in [1.807, 2.05) is 6.08 Å². The lowest BCUT2D eigenvalue weighted by Crippen LogP contribution is -2.09. The van der Waals surface area contributed by atoms with Crippen LogP contribution in [-0.2, 0) is 4.79 Å². The lowest BCUT2D eigenvalue weighted by molar-refractivity contribution is -0.133. The topological polar surface area (TPSA) is 37.3 Å². The fraction of sp³-hybridized carbons (Fsp3) is 0.625. The summed E-state index contributed by atoms with van der Waals surface area (Å²) in [4.78, 5) is 10.4. The maximum absolute atomic E-state index is 10.4. The van der Waals surface area contributed by atoms with E-state index in [1.54, 1.807) is 0 Å². The first-order valence-corrected chi connectivity index (χ1v) is 3.62. The first kappa shape index (κ1) is 7.32. The van der Waals surface area contributed by atoms with Crippen molar-refractivity contribution >= 4 is 5.97 Å². The maximum atomic E-state index is 10.4. The molecular formula is C8H12O2. The van der Waals surface area contributed by atoms with E-state index in [0.29, 0.717) is 11.5 Å². The number of allylic oxidation sites excluding steroid dienone is 1. The highest BCUT2D eigenvalue weighted by Gasteiger charge is 2.15. The SMILES string of the molecule is C[C@@H]1CCC=C(C(=O)O)C1. The van der Waals surface area contributed by atoms with Crippen molar-refractivity contribution in [3.05, 3.63) is 11.6 Å². The Morgan fingerprint density at radius 3 is 2.90 bits per heavy atom. The number of carboxylic acids is 1. The van der Waals surface area contributed by atoms with Crippen LogP contribution in [0.25, 0.3) is 0 Å². The first-order valence-electron chi connectivity index (χ1n) is 3.62. The van der Waals surface area contributed by atoms with E-state index in [9.17, 15) is 4.79 Å². The van der Waals surface area contributed by atoms with Crippen molar-refractivity contribution in [1.29, 1.82) is 0 Å². The molecule has 0 aromatic carbocycles. The van der Waals surface area contributed by atoms with Gasteiger partial charge in [0.2, 0.25) is 0 Å². The Bertz CT molecular complexity index is 170. The van der Waals surface area contributed by atoms with Crippen molar-refractivity contribution in [2.45, 2.75) is 26.2 Å². The monoisotopic (exact) mass is 140 g/mol.